The predicted molar refractivity (Wildman–Crippen MR) is 72.9 cm³/mol. The van der Waals surface area contributed by atoms with Crippen molar-refractivity contribution in [1.82, 2.24) is 14.8 Å². The highest BCUT2D eigenvalue weighted by Gasteiger charge is 2.09. The molecule has 0 aliphatic carbocycles. The van der Waals surface area contributed by atoms with Crippen LogP contribution < -0.4 is 5.32 Å². The number of rotatable bonds is 5. The van der Waals surface area contributed by atoms with Gasteiger partial charge < -0.3 is 10.4 Å². The zero-order valence-electron chi connectivity index (χ0n) is 11.1. The summed E-state index contributed by atoms with van der Waals surface area (Å²) in [6.07, 6.45) is 4.14. The lowest BCUT2D eigenvalue weighted by molar-refractivity contribution is -0.116. The molecule has 2 N–H and O–H groups in total. The van der Waals surface area contributed by atoms with Crippen molar-refractivity contribution < 1.29 is 9.90 Å². The number of carbonyl (C=O) groups excluding carboxylic acids is 1. The van der Waals surface area contributed by atoms with Crippen molar-refractivity contribution in [3.8, 4) is 0 Å². The van der Waals surface area contributed by atoms with Crippen LogP contribution in [0.25, 0.3) is 11.0 Å². The lowest BCUT2D eigenvalue weighted by Gasteiger charge is -2.07. The van der Waals surface area contributed by atoms with E-state index in [0.717, 1.165) is 11.0 Å². The molecule has 0 aromatic carbocycles. The van der Waals surface area contributed by atoms with Crippen molar-refractivity contribution in [3.63, 3.8) is 0 Å². The minimum atomic E-state index is -0.119. The van der Waals surface area contributed by atoms with Crippen LogP contribution in [-0.2, 0) is 4.79 Å². The normalized spacial score (nSPS) is 11.2. The minimum Gasteiger partial charge on any atom is -0.396 e. The van der Waals surface area contributed by atoms with Crippen molar-refractivity contribution >= 4 is 22.6 Å². The molecular formula is C13H18N4O2. The number of nitrogens with zero attached hydrogens (tertiary/aromatic N) is 3. The zero-order valence-corrected chi connectivity index (χ0v) is 11.1. The van der Waals surface area contributed by atoms with E-state index in [1.54, 1.807) is 12.4 Å². The second-order valence-electron chi connectivity index (χ2n) is 4.70. The van der Waals surface area contributed by atoms with E-state index in [1.165, 1.54) is 0 Å². The van der Waals surface area contributed by atoms with Crippen molar-refractivity contribution in [3.05, 3.63) is 18.5 Å². The molecular weight excluding hydrogens is 244 g/mol. The van der Waals surface area contributed by atoms with E-state index in [1.807, 2.05) is 24.6 Å². The summed E-state index contributed by atoms with van der Waals surface area (Å²) in [6, 6.07) is 2.10. The number of aliphatic hydroxyl groups excluding tert-OH is 1. The maximum Gasteiger partial charge on any atom is 0.224 e. The highest BCUT2D eigenvalue weighted by Crippen LogP contribution is 2.19. The Bertz CT molecular complexity index is 577. The third-order valence-corrected chi connectivity index (χ3v) is 2.77. The average molecular weight is 262 g/mol. The van der Waals surface area contributed by atoms with E-state index < -0.39 is 0 Å². The van der Waals surface area contributed by atoms with E-state index in [0.29, 0.717) is 18.5 Å². The average Bonchev–Trinajstić information content (AvgIpc) is 2.79. The number of anilines is 1. The summed E-state index contributed by atoms with van der Waals surface area (Å²) in [4.78, 5) is 15.9. The third-order valence-electron chi connectivity index (χ3n) is 2.77. The highest BCUT2D eigenvalue weighted by atomic mass is 16.3. The van der Waals surface area contributed by atoms with E-state index in [-0.39, 0.29) is 18.6 Å². The summed E-state index contributed by atoms with van der Waals surface area (Å²) in [5.74, 6) is -0.119. The number of nitrogens with one attached hydrogen (secondary N) is 1. The van der Waals surface area contributed by atoms with Crippen LogP contribution in [-0.4, -0.2) is 32.4 Å². The largest absolute Gasteiger partial charge is 0.396 e. The predicted octanol–water partition coefficient (Wildman–Crippen LogP) is 1.72. The van der Waals surface area contributed by atoms with E-state index in [2.05, 4.69) is 15.4 Å². The number of aliphatic hydroxyl groups is 1. The maximum absolute atomic E-state index is 11.6. The fourth-order valence-corrected chi connectivity index (χ4v) is 1.85. The standard InChI is InChI=1S/C13H18N4O2/c1-9(2)17-13-10(7-15-17)6-11(8-14-13)16-12(19)4-3-5-18/h6-9,18H,3-5H2,1-2H3,(H,16,19). The monoisotopic (exact) mass is 262 g/mol. The molecule has 0 fully saturated rings. The topological polar surface area (TPSA) is 80.0 Å². The SMILES string of the molecule is CC(C)n1ncc2cc(NC(=O)CCCO)cnc21. The minimum absolute atomic E-state index is 0.0197. The van der Waals surface area contributed by atoms with Gasteiger partial charge >= 0.3 is 0 Å². The molecule has 0 bridgehead atoms. The van der Waals surface area contributed by atoms with Gasteiger partial charge in [-0.25, -0.2) is 9.67 Å². The fourth-order valence-electron chi connectivity index (χ4n) is 1.85. The molecule has 2 rings (SSSR count). The Morgan fingerprint density at radius 1 is 1.47 bits per heavy atom. The smallest absolute Gasteiger partial charge is 0.224 e. The molecule has 2 heterocycles. The lowest BCUT2D eigenvalue weighted by Crippen LogP contribution is -2.12. The molecule has 2 aromatic rings. The van der Waals surface area contributed by atoms with E-state index in [4.69, 9.17) is 5.11 Å². The first-order valence-corrected chi connectivity index (χ1v) is 6.36. The second-order valence-corrected chi connectivity index (χ2v) is 4.70. The highest BCUT2D eigenvalue weighted by molar-refractivity contribution is 5.92. The number of aromatic nitrogens is 3. The molecule has 6 nitrogen and oxygen atoms in total. The zero-order chi connectivity index (χ0) is 13.8. The fraction of sp³-hybridized carbons (Fsp3) is 0.462. The van der Waals surface area contributed by atoms with Gasteiger partial charge in [0.05, 0.1) is 18.1 Å². The van der Waals surface area contributed by atoms with Gasteiger partial charge in [0.15, 0.2) is 5.65 Å². The van der Waals surface area contributed by atoms with Crippen LogP contribution in [0.5, 0.6) is 0 Å². The van der Waals surface area contributed by atoms with Crippen LogP contribution in [0.2, 0.25) is 0 Å². The van der Waals surface area contributed by atoms with Gasteiger partial charge in [-0.1, -0.05) is 0 Å². The molecule has 0 spiro atoms. The summed E-state index contributed by atoms with van der Waals surface area (Å²) in [6.45, 7) is 4.10. The Balaban J connectivity index is 2.16. The van der Waals surface area contributed by atoms with Crippen LogP contribution in [0.3, 0.4) is 0 Å². The molecule has 0 unspecified atom stereocenters. The molecule has 0 aliphatic heterocycles. The van der Waals surface area contributed by atoms with Crippen LogP contribution in [0, 0.1) is 0 Å². The lowest BCUT2D eigenvalue weighted by atomic mass is 10.3. The van der Waals surface area contributed by atoms with Crippen LogP contribution in [0.4, 0.5) is 5.69 Å². The molecule has 6 heteroatoms. The van der Waals surface area contributed by atoms with Gasteiger partial charge in [0, 0.05) is 24.5 Å². The molecule has 0 radical (unpaired) electrons. The summed E-state index contributed by atoms with van der Waals surface area (Å²) in [5.41, 5.74) is 1.46. The molecule has 2 aromatic heterocycles. The molecule has 0 saturated heterocycles. The molecule has 0 aliphatic rings. The summed E-state index contributed by atoms with van der Waals surface area (Å²) in [5, 5.41) is 16.6. The first-order chi connectivity index (χ1) is 9.11. The van der Waals surface area contributed by atoms with Crippen molar-refractivity contribution in [2.24, 2.45) is 0 Å². The molecule has 0 saturated carbocycles. The van der Waals surface area contributed by atoms with Crippen molar-refractivity contribution in [2.75, 3.05) is 11.9 Å². The number of hydrogen-bond donors (Lipinski definition) is 2. The van der Waals surface area contributed by atoms with Crippen LogP contribution in [0.15, 0.2) is 18.5 Å². The van der Waals surface area contributed by atoms with Gasteiger partial charge in [0.25, 0.3) is 0 Å². The van der Waals surface area contributed by atoms with Gasteiger partial charge in [0.2, 0.25) is 5.91 Å². The molecule has 19 heavy (non-hydrogen) atoms. The third kappa shape index (κ3) is 3.08. The van der Waals surface area contributed by atoms with Crippen LogP contribution >= 0.6 is 0 Å². The van der Waals surface area contributed by atoms with Crippen molar-refractivity contribution in [1.29, 1.82) is 0 Å². The van der Waals surface area contributed by atoms with E-state index >= 15 is 0 Å². The van der Waals surface area contributed by atoms with Crippen LogP contribution in [0.1, 0.15) is 32.7 Å². The Morgan fingerprint density at radius 2 is 2.26 bits per heavy atom. The van der Waals surface area contributed by atoms with Gasteiger partial charge in [0.1, 0.15) is 0 Å². The Kier molecular flexibility index (Phi) is 4.11. The Hall–Kier alpha value is -1.95. The summed E-state index contributed by atoms with van der Waals surface area (Å²) >= 11 is 0. The van der Waals surface area contributed by atoms with Gasteiger partial charge in [-0.05, 0) is 26.3 Å². The maximum atomic E-state index is 11.6. The first kappa shape index (κ1) is 13.5. The van der Waals surface area contributed by atoms with Gasteiger partial charge in [-0.3, -0.25) is 4.79 Å². The molecule has 1 amide bonds. The molecule has 0 atom stereocenters. The summed E-state index contributed by atoms with van der Waals surface area (Å²) < 4.78 is 1.84. The number of amides is 1. The number of fused-ring (bicyclic) bond motifs is 1. The number of carbonyl (C=O) groups is 1. The number of pyridine rings is 1. The first-order valence-electron chi connectivity index (χ1n) is 6.36. The van der Waals surface area contributed by atoms with Gasteiger partial charge in [-0.15, -0.1) is 0 Å². The number of hydrogen-bond acceptors (Lipinski definition) is 4. The quantitative estimate of drug-likeness (QED) is 0.859. The second kappa shape index (κ2) is 5.79. The Labute approximate surface area is 111 Å². The van der Waals surface area contributed by atoms with Gasteiger partial charge in [-0.2, -0.15) is 5.10 Å². The Morgan fingerprint density at radius 3 is 2.95 bits per heavy atom. The van der Waals surface area contributed by atoms with E-state index in [9.17, 15) is 4.79 Å². The molecule has 102 valence electrons. The summed E-state index contributed by atoms with van der Waals surface area (Å²) in [7, 11) is 0. The van der Waals surface area contributed by atoms with Crippen molar-refractivity contribution in [2.45, 2.75) is 32.7 Å².